The molecule has 0 aliphatic rings. The number of furan rings is 1. The molecular weight excluding hydrogens is 416 g/mol. The van der Waals surface area contributed by atoms with Gasteiger partial charge >= 0.3 is 11.7 Å². The minimum absolute atomic E-state index is 0.0189. The first kappa shape index (κ1) is 21.4. The van der Waals surface area contributed by atoms with E-state index >= 15 is 0 Å². The summed E-state index contributed by atoms with van der Waals surface area (Å²) < 4.78 is 19.1. The molecule has 0 unspecified atom stereocenters. The van der Waals surface area contributed by atoms with Crippen LogP contribution in [0.5, 0.6) is 5.75 Å². The van der Waals surface area contributed by atoms with E-state index in [1.54, 1.807) is 30.9 Å². The van der Waals surface area contributed by atoms with E-state index in [0.717, 1.165) is 18.2 Å². The molecule has 0 aliphatic heterocycles. The molecule has 3 heterocycles. The van der Waals surface area contributed by atoms with Gasteiger partial charge in [-0.05, 0) is 18.6 Å². The van der Waals surface area contributed by atoms with Gasteiger partial charge in [0.05, 0.1) is 19.8 Å². The quantitative estimate of drug-likeness (QED) is 0.417. The van der Waals surface area contributed by atoms with Crippen LogP contribution in [0.25, 0.3) is 22.1 Å². The summed E-state index contributed by atoms with van der Waals surface area (Å²) in [5.74, 6) is 0.569. The van der Waals surface area contributed by atoms with Gasteiger partial charge in [0.25, 0.3) is 5.56 Å². The van der Waals surface area contributed by atoms with Crippen LogP contribution in [0.4, 0.5) is 0 Å². The van der Waals surface area contributed by atoms with E-state index in [0.29, 0.717) is 29.3 Å². The molecule has 0 saturated carbocycles. The first-order valence-electron chi connectivity index (χ1n) is 10.3. The number of carbonyl (C=O) groups is 1. The van der Waals surface area contributed by atoms with Gasteiger partial charge in [-0.2, -0.15) is 0 Å². The molecule has 0 atom stereocenters. The van der Waals surface area contributed by atoms with Crippen molar-refractivity contribution in [3.05, 3.63) is 56.7 Å². The van der Waals surface area contributed by atoms with Crippen molar-refractivity contribution in [1.29, 1.82) is 0 Å². The number of nitrogens with zero attached hydrogens (tertiary/aromatic N) is 3. The number of aryl methyl sites for hydroxylation is 2. The number of hydrogen-bond acceptors (Lipinski definition) is 7. The van der Waals surface area contributed by atoms with Gasteiger partial charge in [-0.15, -0.1) is 0 Å². The highest BCUT2D eigenvalue weighted by Gasteiger charge is 2.18. The maximum absolute atomic E-state index is 12.5. The van der Waals surface area contributed by atoms with E-state index in [1.807, 2.05) is 13.0 Å². The van der Waals surface area contributed by atoms with Crippen molar-refractivity contribution in [2.75, 3.05) is 7.11 Å². The Morgan fingerprint density at radius 3 is 2.84 bits per heavy atom. The number of aromatic nitrogens is 4. The summed E-state index contributed by atoms with van der Waals surface area (Å²) in [5, 5.41) is 0.803. The van der Waals surface area contributed by atoms with Crippen LogP contribution in [-0.4, -0.2) is 32.2 Å². The Labute approximate surface area is 182 Å². The molecule has 0 aliphatic carbocycles. The Bertz CT molecular complexity index is 1410. The highest BCUT2D eigenvalue weighted by Crippen LogP contribution is 2.26. The van der Waals surface area contributed by atoms with Gasteiger partial charge in [0.2, 0.25) is 0 Å². The summed E-state index contributed by atoms with van der Waals surface area (Å²) in [6, 6.07) is 5.37. The second-order valence-corrected chi connectivity index (χ2v) is 7.48. The standard InChI is InChI=1S/C22H24N4O6/c1-4-5-8-26-20-19(21(28)24-22(26)29)25(2)17(23-20)12-32-18(27)9-13-11-31-16-10-14(30-3)6-7-15(13)16/h6-7,10-11H,4-5,8-9,12H2,1-3H3,(H,24,28,29). The minimum atomic E-state index is -0.523. The molecule has 168 valence electrons. The molecule has 10 nitrogen and oxygen atoms in total. The van der Waals surface area contributed by atoms with Crippen LogP contribution >= 0.6 is 0 Å². The molecule has 4 aromatic rings. The molecule has 3 aromatic heterocycles. The maximum Gasteiger partial charge on any atom is 0.330 e. The lowest BCUT2D eigenvalue weighted by Gasteiger charge is -2.05. The molecule has 0 fully saturated rings. The number of carbonyl (C=O) groups excluding carboxylic acids is 1. The van der Waals surface area contributed by atoms with E-state index in [1.165, 1.54) is 10.8 Å². The Morgan fingerprint density at radius 1 is 1.28 bits per heavy atom. The van der Waals surface area contributed by atoms with Gasteiger partial charge in [0.1, 0.15) is 23.8 Å². The smallest absolute Gasteiger partial charge is 0.330 e. The number of esters is 1. The van der Waals surface area contributed by atoms with Crippen LogP contribution in [0.1, 0.15) is 31.2 Å². The predicted molar refractivity (Wildman–Crippen MR) is 117 cm³/mol. The first-order chi connectivity index (χ1) is 15.4. The van der Waals surface area contributed by atoms with Crippen molar-refractivity contribution >= 4 is 28.1 Å². The zero-order valence-electron chi connectivity index (χ0n) is 18.1. The van der Waals surface area contributed by atoms with Gasteiger partial charge < -0.3 is 18.5 Å². The second kappa shape index (κ2) is 8.74. The highest BCUT2D eigenvalue weighted by atomic mass is 16.5. The molecule has 1 aromatic carbocycles. The third kappa shape index (κ3) is 3.91. The van der Waals surface area contributed by atoms with Crippen LogP contribution in [0, 0.1) is 0 Å². The third-order valence-corrected chi connectivity index (χ3v) is 5.40. The molecule has 0 spiro atoms. The Hall–Kier alpha value is -3.82. The van der Waals surface area contributed by atoms with Crippen molar-refractivity contribution in [1.82, 2.24) is 19.1 Å². The molecule has 4 rings (SSSR count). The van der Waals surface area contributed by atoms with E-state index in [2.05, 4.69) is 9.97 Å². The predicted octanol–water partition coefficient (Wildman–Crippen LogP) is 2.26. The molecular formula is C22H24N4O6. The normalized spacial score (nSPS) is 11.3. The fraction of sp³-hybridized carbons (Fsp3) is 0.364. The molecule has 0 radical (unpaired) electrons. The first-order valence-corrected chi connectivity index (χ1v) is 10.3. The van der Waals surface area contributed by atoms with Crippen molar-refractivity contribution in [2.45, 2.75) is 39.3 Å². The van der Waals surface area contributed by atoms with Gasteiger partial charge in [-0.1, -0.05) is 13.3 Å². The van der Waals surface area contributed by atoms with Crippen LogP contribution in [0.3, 0.4) is 0 Å². The largest absolute Gasteiger partial charge is 0.497 e. The summed E-state index contributed by atoms with van der Waals surface area (Å²) in [6.07, 6.45) is 3.20. The number of aromatic amines is 1. The fourth-order valence-corrected chi connectivity index (χ4v) is 3.62. The summed E-state index contributed by atoms with van der Waals surface area (Å²) >= 11 is 0. The fourth-order valence-electron chi connectivity index (χ4n) is 3.62. The molecule has 32 heavy (non-hydrogen) atoms. The number of H-pyrrole nitrogens is 1. The van der Waals surface area contributed by atoms with E-state index in [-0.39, 0.29) is 24.2 Å². The second-order valence-electron chi connectivity index (χ2n) is 7.48. The van der Waals surface area contributed by atoms with Crippen LogP contribution in [0.15, 0.2) is 38.5 Å². The summed E-state index contributed by atoms with van der Waals surface area (Å²) in [6.45, 7) is 2.32. The molecule has 0 saturated heterocycles. The minimum Gasteiger partial charge on any atom is -0.497 e. The number of imidazole rings is 1. The summed E-state index contributed by atoms with van der Waals surface area (Å²) in [5.41, 5.74) is 0.845. The zero-order chi connectivity index (χ0) is 22.8. The van der Waals surface area contributed by atoms with Crippen molar-refractivity contribution < 1.29 is 18.7 Å². The monoisotopic (exact) mass is 440 g/mol. The van der Waals surface area contributed by atoms with Crippen molar-refractivity contribution in [3.63, 3.8) is 0 Å². The van der Waals surface area contributed by atoms with Gasteiger partial charge in [-0.25, -0.2) is 9.78 Å². The number of nitrogens with one attached hydrogen (secondary N) is 1. The van der Waals surface area contributed by atoms with E-state index in [4.69, 9.17) is 13.9 Å². The van der Waals surface area contributed by atoms with Crippen LogP contribution < -0.4 is 16.0 Å². The van der Waals surface area contributed by atoms with E-state index < -0.39 is 17.2 Å². The van der Waals surface area contributed by atoms with Crippen molar-refractivity contribution in [3.8, 4) is 5.75 Å². The number of benzene rings is 1. The van der Waals surface area contributed by atoms with Gasteiger partial charge in [0, 0.05) is 30.6 Å². The third-order valence-electron chi connectivity index (χ3n) is 5.40. The lowest BCUT2D eigenvalue weighted by atomic mass is 10.1. The Morgan fingerprint density at radius 2 is 2.09 bits per heavy atom. The molecule has 0 bridgehead atoms. The highest BCUT2D eigenvalue weighted by molar-refractivity contribution is 5.86. The number of fused-ring (bicyclic) bond motifs is 2. The SMILES string of the molecule is CCCCn1c(=O)[nH]c(=O)c2c1nc(COC(=O)Cc1coc3cc(OC)ccc13)n2C. The average molecular weight is 440 g/mol. The summed E-state index contributed by atoms with van der Waals surface area (Å²) in [7, 11) is 3.22. The van der Waals surface area contributed by atoms with Crippen LogP contribution in [0.2, 0.25) is 0 Å². The molecule has 10 heteroatoms. The maximum atomic E-state index is 12.5. The topological polar surface area (TPSA) is 121 Å². The van der Waals surface area contributed by atoms with Gasteiger partial charge in [-0.3, -0.25) is 19.1 Å². The number of rotatable bonds is 8. The van der Waals surface area contributed by atoms with Crippen molar-refractivity contribution in [2.24, 2.45) is 7.05 Å². The number of hydrogen-bond donors (Lipinski definition) is 1. The number of unbranched alkanes of at least 4 members (excludes halogenated alkanes) is 1. The average Bonchev–Trinajstić information content (AvgIpc) is 3.32. The Kier molecular flexibility index (Phi) is 5.85. The lowest BCUT2D eigenvalue weighted by molar-refractivity contribution is -0.144. The Balaban J connectivity index is 1.53. The van der Waals surface area contributed by atoms with E-state index in [9.17, 15) is 14.4 Å². The summed E-state index contributed by atoms with van der Waals surface area (Å²) in [4.78, 5) is 43.8. The van der Waals surface area contributed by atoms with Crippen LogP contribution in [-0.2, 0) is 36.2 Å². The molecule has 0 amide bonds. The lowest BCUT2D eigenvalue weighted by Crippen LogP contribution is -2.31. The molecule has 1 N–H and O–H groups in total. The zero-order valence-corrected chi connectivity index (χ0v) is 18.1. The number of ether oxygens (including phenoxy) is 2. The number of methoxy groups -OCH3 is 1. The van der Waals surface area contributed by atoms with Gasteiger partial charge in [0.15, 0.2) is 11.2 Å².